The summed E-state index contributed by atoms with van der Waals surface area (Å²) in [6.07, 6.45) is 1.29. The Bertz CT molecular complexity index is 171. The standard InChI is InChI=1S/C12H26N2S/c1-12(2,3)10-14(4)7-5-11-9-15-8-6-13-11/h11,13H,5-10H2,1-4H3. The molecule has 0 amide bonds. The summed E-state index contributed by atoms with van der Waals surface area (Å²) in [5.74, 6) is 2.58. The molecule has 1 atom stereocenters. The van der Waals surface area contributed by atoms with Gasteiger partial charge < -0.3 is 10.2 Å². The van der Waals surface area contributed by atoms with Crippen molar-refractivity contribution in [2.24, 2.45) is 5.41 Å². The normalized spacial score (nSPS) is 23.4. The quantitative estimate of drug-likeness (QED) is 0.796. The van der Waals surface area contributed by atoms with Crippen molar-refractivity contribution in [2.75, 3.05) is 38.2 Å². The molecule has 0 saturated carbocycles. The number of rotatable bonds is 4. The highest BCUT2D eigenvalue weighted by atomic mass is 32.2. The molecule has 0 bridgehead atoms. The summed E-state index contributed by atoms with van der Waals surface area (Å²) in [5, 5.41) is 3.59. The summed E-state index contributed by atoms with van der Waals surface area (Å²) in [6.45, 7) is 10.5. The zero-order chi connectivity index (χ0) is 11.3. The third-order valence-electron chi connectivity index (χ3n) is 2.60. The molecule has 90 valence electrons. The van der Waals surface area contributed by atoms with Crippen molar-refractivity contribution in [1.29, 1.82) is 0 Å². The van der Waals surface area contributed by atoms with Gasteiger partial charge in [0, 0.05) is 30.6 Å². The molecule has 0 aromatic carbocycles. The fourth-order valence-electron chi connectivity index (χ4n) is 2.07. The summed E-state index contributed by atoms with van der Waals surface area (Å²) in [6, 6.07) is 0.742. The second-order valence-corrected chi connectivity index (χ2v) is 6.96. The van der Waals surface area contributed by atoms with E-state index in [0.29, 0.717) is 5.41 Å². The Labute approximate surface area is 99.2 Å². The number of nitrogens with one attached hydrogen (secondary N) is 1. The van der Waals surface area contributed by atoms with Crippen molar-refractivity contribution in [2.45, 2.75) is 33.2 Å². The van der Waals surface area contributed by atoms with E-state index < -0.39 is 0 Å². The van der Waals surface area contributed by atoms with Crippen LogP contribution in [0.2, 0.25) is 0 Å². The van der Waals surface area contributed by atoms with Crippen LogP contribution in [0, 0.1) is 5.41 Å². The lowest BCUT2D eigenvalue weighted by molar-refractivity contribution is 0.219. The van der Waals surface area contributed by atoms with E-state index in [-0.39, 0.29) is 0 Å². The van der Waals surface area contributed by atoms with Gasteiger partial charge in [-0.2, -0.15) is 11.8 Å². The number of thioether (sulfide) groups is 1. The van der Waals surface area contributed by atoms with Crippen LogP contribution in [0.1, 0.15) is 27.2 Å². The second-order valence-electron chi connectivity index (χ2n) is 5.81. The molecule has 1 aliphatic rings. The van der Waals surface area contributed by atoms with Gasteiger partial charge in [0.2, 0.25) is 0 Å². The van der Waals surface area contributed by atoms with E-state index in [1.54, 1.807) is 0 Å². The first kappa shape index (κ1) is 13.3. The zero-order valence-electron chi connectivity index (χ0n) is 10.7. The lowest BCUT2D eigenvalue weighted by Crippen LogP contribution is -2.40. The SMILES string of the molecule is CN(CCC1CSCCN1)CC(C)(C)C. The fourth-order valence-corrected chi connectivity index (χ4v) is 3.07. The van der Waals surface area contributed by atoms with Gasteiger partial charge in [0.15, 0.2) is 0 Å². The molecule has 1 heterocycles. The van der Waals surface area contributed by atoms with E-state index in [9.17, 15) is 0 Å². The van der Waals surface area contributed by atoms with Crippen LogP contribution in [0.3, 0.4) is 0 Å². The molecule has 0 radical (unpaired) electrons. The van der Waals surface area contributed by atoms with Gasteiger partial charge in [-0.15, -0.1) is 0 Å². The molecule has 1 aliphatic heterocycles. The molecule has 0 aromatic rings. The molecule has 1 rings (SSSR count). The minimum absolute atomic E-state index is 0.420. The lowest BCUT2D eigenvalue weighted by Gasteiger charge is -2.29. The average molecular weight is 230 g/mol. The van der Waals surface area contributed by atoms with Crippen LogP contribution in [0.5, 0.6) is 0 Å². The van der Waals surface area contributed by atoms with Crippen molar-refractivity contribution in [3.63, 3.8) is 0 Å². The maximum atomic E-state index is 3.59. The first-order valence-electron chi connectivity index (χ1n) is 5.97. The number of hydrogen-bond acceptors (Lipinski definition) is 3. The monoisotopic (exact) mass is 230 g/mol. The Morgan fingerprint density at radius 1 is 1.40 bits per heavy atom. The first-order chi connectivity index (χ1) is 6.97. The molecule has 0 aromatic heterocycles. The minimum Gasteiger partial charge on any atom is -0.312 e. The Morgan fingerprint density at radius 2 is 2.13 bits per heavy atom. The van der Waals surface area contributed by atoms with E-state index in [1.807, 2.05) is 0 Å². The third kappa shape index (κ3) is 6.44. The Kier molecular flexibility index (Phi) is 5.44. The smallest absolute Gasteiger partial charge is 0.0170 e. The second kappa shape index (κ2) is 6.12. The van der Waals surface area contributed by atoms with Crippen molar-refractivity contribution in [3.8, 4) is 0 Å². The number of nitrogens with zero attached hydrogens (tertiary/aromatic N) is 1. The predicted molar refractivity (Wildman–Crippen MR) is 70.7 cm³/mol. The minimum atomic E-state index is 0.420. The van der Waals surface area contributed by atoms with Crippen LogP contribution in [0.25, 0.3) is 0 Å². The van der Waals surface area contributed by atoms with Crippen molar-refractivity contribution >= 4 is 11.8 Å². The van der Waals surface area contributed by atoms with Crippen LogP contribution in [-0.4, -0.2) is 49.1 Å². The highest BCUT2D eigenvalue weighted by Crippen LogP contribution is 2.15. The molecule has 1 unspecified atom stereocenters. The molecular formula is C12H26N2S. The van der Waals surface area contributed by atoms with Gasteiger partial charge in [-0.05, 0) is 25.4 Å². The van der Waals surface area contributed by atoms with Crippen molar-refractivity contribution < 1.29 is 0 Å². The van der Waals surface area contributed by atoms with Crippen LogP contribution in [0.15, 0.2) is 0 Å². The summed E-state index contributed by atoms with van der Waals surface area (Å²) >= 11 is 2.09. The molecule has 0 spiro atoms. The topological polar surface area (TPSA) is 15.3 Å². The van der Waals surface area contributed by atoms with E-state index in [1.165, 1.54) is 37.6 Å². The molecule has 2 nitrogen and oxygen atoms in total. The average Bonchev–Trinajstić information content (AvgIpc) is 2.14. The maximum absolute atomic E-state index is 3.59. The molecule has 1 saturated heterocycles. The predicted octanol–water partition coefficient (Wildman–Crippen LogP) is 2.06. The van der Waals surface area contributed by atoms with Gasteiger partial charge in [-0.3, -0.25) is 0 Å². The van der Waals surface area contributed by atoms with Crippen LogP contribution < -0.4 is 5.32 Å². The Morgan fingerprint density at radius 3 is 2.67 bits per heavy atom. The van der Waals surface area contributed by atoms with E-state index in [2.05, 4.69) is 49.8 Å². The molecule has 3 heteroatoms. The van der Waals surface area contributed by atoms with Gasteiger partial charge in [-0.25, -0.2) is 0 Å². The fraction of sp³-hybridized carbons (Fsp3) is 1.00. The summed E-state index contributed by atoms with van der Waals surface area (Å²) in [5.41, 5.74) is 0.420. The number of hydrogen-bond donors (Lipinski definition) is 1. The molecule has 1 N–H and O–H groups in total. The zero-order valence-corrected chi connectivity index (χ0v) is 11.5. The third-order valence-corrected chi connectivity index (χ3v) is 3.73. The Hall–Kier alpha value is 0.270. The highest BCUT2D eigenvalue weighted by Gasteiger charge is 2.16. The van der Waals surface area contributed by atoms with E-state index in [4.69, 9.17) is 0 Å². The summed E-state index contributed by atoms with van der Waals surface area (Å²) in [4.78, 5) is 2.46. The van der Waals surface area contributed by atoms with Gasteiger partial charge in [0.1, 0.15) is 0 Å². The van der Waals surface area contributed by atoms with Crippen molar-refractivity contribution in [3.05, 3.63) is 0 Å². The van der Waals surface area contributed by atoms with E-state index in [0.717, 1.165) is 6.04 Å². The van der Waals surface area contributed by atoms with Gasteiger partial charge in [-0.1, -0.05) is 20.8 Å². The highest BCUT2D eigenvalue weighted by molar-refractivity contribution is 7.99. The molecule has 15 heavy (non-hydrogen) atoms. The maximum Gasteiger partial charge on any atom is 0.0170 e. The van der Waals surface area contributed by atoms with Gasteiger partial charge in [0.25, 0.3) is 0 Å². The van der Waals surface area contributed by atoms with Crippen molar-refractivity contribution in [1.82, 2.24) is 10.2 Å². The summed E-state index contributed by atoms with van der Waals surface area (Å²) < 4.78 is 0. The van der Waals surface area contributed by atoms with Gasteiger partial charge >= 0.3 is 0 Å². The molecular weight excluding hydrogens is 204 g/mol. The Balaban J connectivity index is 2.12. The van der Waals surface area contributed by atoms with E-state index >= 15 is 0 Å². The summed E-state index contributed by atoms with van der Waals surface area (Å²) in [7, 11) is 2.24. The first-order valence-corrected chi connectivity index (χ1v) is 7.12. The van der Waals surface area contributed by atoms with Gasteiger partial charge in [0.05, 0.1) is 0 Å². The van der Waals surface area contributed by atoms with Crippen LogP contribution in [0.4, 0.5) is 0 Å². The van der Waals surface area contributed by atoms with Crippen LogP contribution in [-0.2, 0) is 0 Å². The molecule has 1 fully saturated rings. The van der Waals surface area contributed by atoms with Crippen LogP contribution >= 0.6 is 11.8 Å². The lowest BCUT2D eigenvalue weighted by atomic mass is 9.96. The molecule has 0 aliphatic carbocycles. The largest absolute Gasteiger partial charge is 0.312 e.